The fourth-order valence-electron chi connectivity index (χ4n) is 1.21. The third-order valence-corrected chi connectivity index (χ3v) is 3.74. The van der Waals surface area contributed by atoms with Crippen LogP contribution in [0.5, 0.6) is 5.75 Å². The molecule has 0 amide bonds. The summed E-state index contributed by atoms with van der Waals surface area (Å²) in [5.74, 6) is -0.962. The fourth-order valence-corrected chi connectivity index (χ4v) is 2.36. The Kier molecular flexibility index (Phi) is 5.83. The van der Waals surface area contributed by atoms with Crippen LogP contribution >= 0.6 is 38.5 Å². The van der Waals surface area contributed by atoms with Crippen LogP contribution in [0.1, 0.15) is 11.3 Å². The lowest BCUT2D eigenvalue weighted by atomic mass is 10.2. The van der Waals surface area contributed by atoms with E-state index in [4.69, 9.17) is 0 Å². The van der Waals surface area contributed by atoms with Gasteiger partial charge in [-0.2, -0.15) is 0 Å². The number of carbonyl (C=O) groups is 1. The minimum atomic E-state index is -4.82. The molecule has 1 aromatic rings. The van der Waals surface area contributed by atoms with Crippen molar-refractivity contribution >= 4 is 44.5 Å². The third kappa shape index (κ3) is 4.79. The minimum absolute atomic E-state index is 0.104. The van der Waals surface area contributed by atoms with E-state index in [1.165, 1.54) is 13.3 Å². The molecule has 0 N–H and O–H groups in total. The number of hydrogen-bond acceptors (Lipinski definition) is 4. The van der Waals surface area contributed by atoms with Crippen molar-refractivity contribution in [2.75, 3.05) is 7.11 Å². The monoisotopic (exact) mass is 453 g/mol. The van der Waals surface area contributed by atoms with E-state index in [9.17, 15) is 18.0 Å². The Hall–Kier alpha value is -0.580. The first kappa shape index (κ1) is 16.5. The van der Waals surface area contributed by atoms with Crippen LogP contribution in [-0.4, -0.2) is 24.4 Å². The Morgan fingerprint density at radius 2 is 2.16 bits per heavy atom. The Balaban J connectivity index is 3.18. The van der Waals surface area contributed by atoms with Crippen LogP contribution in [-0.2, 0) is 21.3 Å². The van der Waals surface area contributed by atoms with E-state index >= 15 is 0 Å². The van der Waals surface area contributed by atoms with E-state index in [2.05, 4.69) is 30.4 Å². The molecule has 0 atom stereocenters. The highest BCUT2D eigenvalue weighted by atomic mass is 127. The molecule has 1 heterocycles. The second-order valence-electron chi connectivity index (χ2n) is 3.31. The number of rotatable bonds is 4. The molecule has 1 rings (SSSR count). The zero-order valence-corrected chi connectivity index (χ0v) is 13.3. The molecule has 0 unspecified atom stereocenters. The van der Waals surface area contributed by atoms with E-state index in [0.717, 1.165) is 0 Å². The van der Waals surface area contributed by atoms with Crippen molar-refractivity contribution in [3.05, 3.63) is 21.0 Å². The number of hydrogen-bond donors (Lipinski definition) is 0. The lowest BCUT2D eigenvalue weighted by Gasteiger charge is -2.15. The van der Waals surface area contributed by atoms with Gasteiger partial charge in [0.2, 0.25) is 0 Å². The van der Waals surface area contributed by atoms with Crippen molar-refractivity contribution in [3.8, 4) is 5.75 Å². The molecule has 106 valence electrons. The Bertz CT molecular complexity index is 482. The van der Waals surface area contributed by atoms with Crippen LogP contribution in [0.4, 0.5) is 13.2 Å². The predicted molar refractivity (Wildman–Crippen MR) is 72.0 cm³/mol. The van der Waals surface area contributed by atoms with Gasteiger partial charge < -0.3 is 9.47 Å². The third-order valence-electron chi connectivity index (χ3n) is 2.03. The lowest BCUT2D eigenvalue weighted by molar-refractivity contribution is -0.275. The predicted octanol–water partition coefficient (Wildman–Crippen LogP) is 3.20. The fraction of sp³-hybridized carbons (Fsp3) is 0.400. The average molecular weight is 454 g/mol. The molecule has 0 saturated carbocycles. The second kappa shape index (κ2) is 6.73. The maximum atomic E-state index is 12.3. The van der Waals surface area contributed by atoms with Crippen molar-refractivity contribution in [1.82, 2.24) is 4.98 Å². The molecule has 0 spiro atoms. The quantitative estimate of drug-likeness (QED) is 0.399. The van der Waals surface area contributed by atoms with Crippen LogP contribution < -0.4 is 4.74 Å². The number of carbonyl (C=O) groups excluding carboxylic acids is 1. The molecule has 0 bridgehead atoms. The molecule has 0 aromatic carbocycles. The highest BCUT2D eigenvalue weighted by Gasteiger charge is 2.34. The number of esters is 1. The molecule has 0 saturated heterocycles. The first-order chi connectivity index (χ1) is 8.78. The van der Waals surface area contributed by atoms with Crippen LogP contribution in [0, 0.1) is 3.57 Å². The van der Waals surface area contributed by atoms with Gasteiger partial charge in [0.1, 0.15) is 0 Å². The van der Waals surface area contributed by atoms with Crippen LogP contribution in [0.3, 0.4) is 0 Å². The first-order valence-corrected chi connectivity index (χ1v) is 7.03. The summed E-state index contributed by atoms with van der Waals surface area (Å²) in [6, 6.07) is 0. The van der Waals surface area contributed by atoms with Crippen LogP contribution in [0.15, 0.2) is 6.20 Å². The zero-order chi connectivity index (χ0) is 14.6. The molecule has 1 aromatic heterocycles. The van der Waals surface area contributed by atoms with Gasteiger partial charge in [-0.05, 0) is 28.2 Å². The van der Waals surface area contributed by atoms with Crippen molar-refractivity contribution in [2.24, 2.45) is 0 Å². The summed E-state index contributed by atoms with van der Waals surface area (Å²) in [4.78, 5) is 15.0. The van der Waals surface area contributed by atoms with Gasteiger partial charge in [-0.1, -0.05) is 15.9 Å². The first-order valence-electron chi connectivity index (χ1n) is 4.83. The van der Waals surface area contributed by atoms with Gasteiger partial charge in [0, 0.05) is 11.5 Å². The van der Waals surface area contributed by atoms with E-state index < -0.39 is 18.1 Å². The summed E-state index contributed by atoms with van der Waals surface area (Å²) in [5.41, 5.74) is 0.423. The summed E-state index contributed by atoms with van der Waals surface area (Å²) >= 11 is 4.72. The summed E-state index contributed by atoms with van der Waals surface area (Å²) in [7, 11) is 1.20. The van der Waals surface area contributed by atoms with Gasteiger partial charge in [0.05, 0.1) is 22.8 Å². The standard InChI is InChI=1S/C10H8BrF3INO3/c1-18-7(17)2-5-4-16-6(3-11)9(8(5)15)19-10(12,13)14/h4H,2-3H2,1H3. The number of nitrogens with zero attached hydrogens (tertiary/aromatic N) is 1. The lowest BCUT2D eigenvalue weighted by Crippen LogP contribution is -2.20. The Labute approximate surface area is 128 Å². The molecule has 0 fully saturated rings. The van der Waals surface area contributed by atoms with Crippen molar-refractivity contribution in [2.45, 2.75) is 18.1 Å². The molecule has 9 heteroatoms. The molecule has 0 aliphatic rings. The van der Waals surface area contributed by atoms with Gasteiger partial charge in [0.15, 0.2) is 5.75 Å². The number of halogens is 5. The molecule has 0 aliphatic carbocycles. The number of alkyl halides is 4. The van der Waals surface area contributed by atoms with Gasteiger partial charge in [0.25, 0.3) is 0 Å². The maximum absolute atomic E-state index is 12.3. The molecule has 4 nitrogen and oxygen atoms in total. The van der Waals surface area contributed by atoms with Crippen LogP contribution in [0.25, 0.3) is 0 Å². The Morgan fingerprint density at radius 1 is 1.53 bits per heavy atom. The van der Waals surface area contributed by atoms with Gasteiger partial charge in [-0.15, -0.1) is 13.2 Å². The van der Waals surface area contributed by atoms with E-state index in [1.807, 2.05) is 0 Å². The van der Waals surface area contributed by atoms with Crippen molar-refractivity contribution in [3.63, 3.8) is 0 Å². The number of ether oxygens (including phenoxy) is 2. The summed E-state index contributed by atoms with van der Waals surface area (Å²) in [6.45, 7) is 0. The molecule has 19 heavy (non-hydrogen) atoms. The molecule has 0 radical (unpaired) electrons. The molecular weight excluding hydrogens is 446 g/mol. The average Bonchev–Trinajstić information content (AvgIpc) is 2.32. The highest BCUT2D eigenvalue weighted by Crippen LogP contribution is 2.33. The van der Waals surface area contributed by atoms with Crippen LogP contribution in [0.2, 0.25) is 0 Å². The number of methoxy groups -OCH3 is 1. The highest BCUT2D eigenvalue weighted by molar-refractivity contribution is 14.1. The maximum Gasteiger partial charge on any atom is 0.573 e. The summed E-state index contributed by atoms with van der Waals surface area (Å²) in [5, 5.41) is 0.104. The Morgan fingerprint density at radius 3 is 2.63 bits per heavy atom. The van der Waals surface area contributed by atoms with Crippen molar-refractivity contribution in [1.29, 1.82) is 0 Å². The van der Waals surface area contributed by atoms with E-state index in [1.54, 1.807) is 22.6 Å². The summed E-state index contributed by atoms with van der Waals surface area (Å²) in [6.07, 6.45) is -3.65. The molecule has 0 aliphatic heterocycles. The van der Waals surface area contributed by atoms with Gasteiger partial charge in [-0.3, -0.25) is 9.78 Å². The SMILES string of the molecule is COC(=O)Cc1cnc(CBr)c(OC(F)(F)F)c1I. The topological polar surface area (TPSA) is 48.4 Å². The minimum Gasteiger partial charge on any atom is -0.469 e. The molecular formula is C10H8BrF3INO3. The smallest absolute Gasteiger partial charge is 0.469 e. The van der Waals surface area contributed by atoms with Gasteiger partial charge in [-0.25, -0.2) is 0 Å². The number of pyridine rings is 1. The second-order valence-corrected chi connectivity index (χ2v) is 4.95. The summed E-state index contributed by atoms with van der Waals surface area (Å²) < 4.78 is 45.6. The van der Waals surface area contributed by atoms with Crippen molar-refractivity contribution < 1.29 is 27.4 Å². The van der Waals surface area contributed by atoms with E-state index in [-0.39, 0.29) is 21.0 Å². The normalized spacial score (nSPS) is 11.3. The number of aromatic nitrogens is 1. The van der Waals surface area contributed by atoms with Gasteiger partial charge >= 0.3 is 12.3 Å². The van der Waals surface area contributed by atoms with E-state index in [0.29, 0.717) is 5.56 Å². The largest absolute Gasteiger partial charge is 0.573 e. The zero-order valence-electron chi connectivity index (χ0n) is 9.55.